The summed E-state index contributed by atoms with van der Waals surface area (Å²) < 4.78 is 6.44. The van der Waals surface area contributed by atoms with E-state index in [4.69, 9.17) is 4.74 Å². The second-order valence-corrected chi connectivity index (χ2v) is 6.51. The fraction of sp³-hybridized carbons (Fsp3) is 0.353. The summed E-state index contributed by atoms with van der Waals surface area (Å²) in [5.41, 5.74) is -1.78. The SMILES string of the molecule is Cc1cn([C@@H]2O[C@H](CNC(=O)c3ccccc3[N+](=O)[O-])C(O)C2O)c(=O)[nH]c1=O. The van der Waals surface area contributed by atoms with Gasteiger partial charge in [-0.05, 0) is 13.0 Å². The quantitative estimate of drug-likeness (QED) is 0.353. The van der Waals surface area contributed by atoms with Gasteiger partial charge in [0, 0.05) is 24.4 Å². The van der Waals surface area contributed by atoms with Crippen molar-refractivity contribution in [1.82, 2.24) is 14.9 Å². The fourth-order valence-corrected chi connectivity index (χ4v) is 3.02. The number of amides is 1. The van der Waals surface area contributed by atoms with Gasteiger partial charge in [-0.2, -0.15) is 0 Å². The average Bonchev–Trinajstić information content (AvgIpc) is 2.97. The highest BCUT2D eigenvalue weighted by atomic mass is 16.6. The highest BCUT2D eigenvalue weighted by Crippen LogP contribution is 2.28. The van der Waals surface area contributed by atoms with Crippen LogP contribution in [-0.2, 0) is 4.74 Å². The van der Waals surface area contributed by atoms with Crippen molar-refractivity contribution in [2.75, 3.05) is 6.54 Å². The van der Waals surface area contributed by atoms with Crippen LogP contribution in [-0.4, -0.2) is 55.5 Å². The first kappa shape index (κ1) is 20.4. The summed E-state index contributed by atoms with van der Waals surface area (Å²) in [4.78, 5) is 48.2. The summed E-state index contributed by atoms with van der Waals surface area (Å²) >= 11 is 0. The Hall–Kier alpha value is -3.35. The Kier molecular flexibility index (Phi) is 5.59. The smallest absolute Gasteiger partial charge is 0.330 e. The number of nitrogens with one attached hydrogen (secondary N) is 2. The normalized spacial score (nSPS) is 23.7. The fourth-order valence-electron chi connectivity index (χ4n) is 3.02. The van der Waals surface area contributed by atoms with Gasteiger partial charge in [-0.3, -0.25) is 29.3 Å². The number of aliphatic hydroxyl groups excluding tert-OH is 2. The van der Waals surface area contributed by atoms with E-state index in [0.29, 0.717) is 0 Å². The number of aromatic amines is 1. The maximum atomic E-state index is 12.3. The predicted molar refractivity (Wildman–Crippen MR) is 97.4 cm³/mol. The number of carbonyl (C=O) groups excluding carboxylic acids is 1. The Bertz CT molecular complexity index is 1060. The Morgan fingerprint density at radius 3 is 2.69 bits per heavy atom. The molecule has 1 aromatic carbocycles. The summed E-state index contributed by atoms with van der Waals surface area (Å²) in [5.74, 6) is -0.761. The number of nitrogens with zero attached hydrogens (tertiary/aromatic N) is 2. The van der Waals surface area contributed by atoms with Crippen molar-refractivity contribution in [1.29, 1.82) is 0 Å². The molecule has 4 N–H and O–H groups in total. The van der Waals surface area contributed by atoms with Gasteiger partial charge >= 0.3 is 5.69 Å². The Labute approximate surface area is 162 Å². The van der Waals surface area contributed by atoms with E-state index in [2.05, 4.69) is 10.3 Å². The molecule has 29 heavy (non-hydrogen) atoms. The lowest BCUT2D eigenvalue weighted by Gasteiger charge is -2.17. The van der Waals surface area contributed by atoms with Crippen molar-refractivity contribution >= 4 is 11.6 Å². The minimum Gasteiger partial charge on any atom is -0.387 e. The second kappa shape index (κ2) is 7.95. The van der Waals surface area contributed by atoms with Gasteiger partial charge in [0.05, 0.1) is 4.92 Å². The summed E-state index contributed by atoms with van der Waals surface area (Å²) in [7, 11) is 0. The van der Waals surface area contributed by atoms with E-state index in [9.17, 15) is 34.7 Å². The highest BCUT2D eigenvalue weighted by molar-refractivity contribution is 5.98. The number of benzene rings is 1. The topological polar surface area (TPSA) is 177 Å². The molecule has 0 aliphatic carbocycles. The number of nitro benzene ring substituents is 1. The minimum absolute atomic E-state index is 0.172. The van der Waals surface area contributed by atoms with Crippen LogP contribution in [0.3, 0.4) is 0 Å². The maximum Gasteiger partial charge on any atom is 0.330 e. The third-order valence-corrected chi connectivity index (χ3v) is 4.57. The number of aliphatic hydroxyl groups is 2. The molecule has 12 nitrogen and oxygen atoms in total. The van der Waals surface area contributed by atoms with Gasteiger partial charge in [0.2, 0.25) is 0 Å². The van der Waals surface area contributed by atoms with Crippen LogP contribution in [0.15, 0.2) is 40.1 Å². The van der Waals surface area contributed by atoms with Gasteiger partial charge in [-0.15, -0.1) is 0 Å². The number of rotatable bonds is 5. The van der Waals surface area contributed by atoms with Gasteiger partial charge < -0.3 is 20.3 Å². The molecule has 2 heterocycles. The van der Waals surface area contributed by atoms with E-state index in [1.807, 2.05) is 0 Å². The lowest BCUT2D eigenvalue weighted by atomic mass is 10.1. The maximum absolute atomic E-state index is 12.3. The molecular formula is C17H18N4O8. The van der Waals surface area contributed by atoms with Crippen LogP contribution in [0.4, 0.5) is 5.69 Å². The van der Waals surface area contributed by atoms with Crippen LogP contribution in [0, 0.1) is 17.0 Å². The van der Waals surface area contributed by atoms with Gasteiger partial charge in [0.25, 0.3) is 17.2 Å². The first-order valence-corrected chi connectivity index (χ1v) is 8.56. The largest absolute Gasteiger partial charge is 0.387 e. The Morgan fingerprint density at radius 2 is 2.00 bits per heavy atom. The van der Waals surface area contributed by atoms with Crippen molar-refractivity contribution in [3.63, 3.8) is 0 Å². The molecule has 0 radical (unpaired) electrons. The van der Waals surface area contributed by atoms with Crippen molar-refractivity contribution in [3.05, 3.63) is 72.5 Å². The number of nitro groups is 1. The van der Waals surface area contributed by atoms with E-state index in [1.165, 1.54) is 37.4 Å². The average molecular weight is 406 g/mol. The van der Waals surface area contributed by atoms with Crippen LogP contribution in [0.2, 0.25) is 0 Å². The number of aromatic nitrogens is 2. The Balaban J connectivity index is 1.74. The molecule has 4 atom stereocenters. The molecule has 1 aliphatic heterocycles. The summed E-state index contributed by atoms with van der Waals surface area (Å²) in [6, 6.07) is 5.34. The molecule has 1 aliphatic rings. The van der Waals surface area contributed by atoms with Gasteiger partial charge in [-0.1, -0.05) is 12.1 Å². The number of ether oxygens (including phenoxy) is 1. The molecule has 0 bridgehead atoms. The Morgan fingerprint density at radius 1 is 1.31 bits per heavy atom. The van der Waals surface area contributed by atoms with E-state index in [-0.39, 0.29) is 23.4 Å². The van der Waals surface area contributed by atoms with Crippen molar-refractivity contribution < 1.29 is 24.7 Å². The van der Waals surface area contributed by atoms with E-state index in [1.54, 1.807) is 0 Å². The third-order valence-electron chi connectivity index (χ3n) is 4.57. The van der Waals surface area contributed by atoms with Crippen LogP contribution in [0.5, 0.6) is 0 Å². The zero-order valence-electron chi connectivity index (χ0n) is 15.1. The first-order valence-electron chi connectivity index (χ1n) is 8.56. The molecular weight excluding hydrogens is 388 g/mol. The molecule has 2 unspecified atom stereocenters. The highest BCUT2D eigenvalue weighted by Gasteiger charge is 2.44. The van der Waals surface area contributed by atoms with Gasteiger partial charge in [0.1, 0.15) is 23.9 Å². The van der Waals surface area contributed by atoms with Gasteiger partial charge in [0.15, 0.2) is 6.23 Å². The lowest BCUT2D eigenvalue weighted by molar-refractivity contribution is -0.385. The van der Waals surface area contributed by atoms with Crippen molar-refractivity contribution in [2.24, 2.45) is 0 Å². The number of aryl methyl sites for hydroxylation is 1. The standard InChI is InChI=1S/C17H18N4O8/c1-8-7-20(17(26)19-14(8)24)16-13(23)12(22)11(29-16)6-18-15(25)9-4-2-3-5-10(9)21(27)28/h2-5,7,11-13,16,22-23H,6H2,1H3,(H,18,25)(H,19,24,26)/t11-,12?,13?,16-/m1/s1. The number of para-hydroxylation sites is 1. The predicted octanol–water partition coefficient (Wildman–Crippen LogP) is -1.20. The van der Waals surface area contributed by atoms with Crippen LogP contribution >= 0.6 is 0 Å². The van der Waals surface area contributed by atoms with Crippen LogP contribution < -0.4 is 16.6 Å². The number of H-pyrrole nitrogens is 1. The zero-order chi connectivity index (χ0) is 21.3. The molecule has 1 saturated heterocycles. The molecule has 154 valence electrons. The molecule has 2 aromatic rings. The molecule has 0 spiro atoms. The lowest BCUT2D eigenvalue weighted by Crippen LogP contribution is -2.40. The minimum atomic E-state index is -1.51. The van der Waals surface area contributed by atoms with Crippen molar-refractivity contribution in [3.8, 4) is 0 Å². The van der Waals surface area contributed by atoms with Crippen LogP contribution in [0.1, 0.15) is 22.1 Å². The molecule has 1 fully saturated rings. The number of hydrogen-bond acceptors (Lipinski definition) is 8. The zero-order valence-corrected chi connectivity index (χ0v) is 15.1. The van der Waals surface area contributed by atoms with Gasteiger partial charge in [-0.25, -0.2) is 4.79 Å². The molecule has 1 aromatic heterocycles. The summed E-state index contributed by atoms with van der Waals surface area (Å²) in [6.45, 7) is 1.17. The molecule has 12 heteroatoms. The van der Waals surface area contributed by atoms with E-state index < -0.39 is 46.6 Å². The molecule has 0 saturated carbocycles. The number of hydrogen-bond donors (Lipinski definition) is 4. The summed E-state index contributed by atoms with van der Waals surface area (Å²) in [5, 5.41) is 33.9. The summed E-state index contributed by atoms with van der Waals surface area (Å²) in [6.07, 6.45) is -4.16. The molecule has 3 rings (SSSR count). The van der Waals surface area contributed by atoms with E-state index >= 15 is 0 Å². The van der Waals surface area contributed by atoms with E-state index in [0.717, 1.165) is 4.57 Å². The second-order valence-electron chi connectivity index (χ2n) is 6.51. The third kappa shape index (κ3) is 3.94. The van der Waals surface area contributed by atoms with Crippen LogP contribution in [0.25, 0.3) is 0 Å². The molecule has 1 amide bonds. The van der Waals surface area contributed by atoms with Crippen molar-refractivity contribution in [2.45, 2.75) is 31.5 Å². The monoisotopic (exact) mass is 406 g/mol. The number of carbonyl (C=O) groups is 1. The first-order chi connectivity index (χ1) is 13.7.